The fourth-order valence-electron chi connectivity index (χ4n) is 1.85. The third-order valence-electron chi connectivity index (χ3n) is 2.84. The van der Waals surface area contributed by atoms with Crippen molar-refractivity contribution < 1.29 is 9.53 Å². The number of carbonyl (C=O) groups excluding carboxylic acids is 1. The van der Waals surface area contributed by atoms with Gasteiger partial charge in [0.1, 0.15) is 17.3 Å². The van der Waals surface area contributed by atoms with E-state index in [1.54, 1.807) is 13.1 Å². The van der Waals surface area contributed by atoms with Crippen LogP contribution in [0.15, 0.2) is 30.3 Å². The highest BCUT2D eigenvalue weighted by molar-refractivity contribution is 5.91. The van der Waals surface area contributed by atoms with Crippen LogP contribution in [-0.2, 0) is 13.6 Å². The van der Waals surface area contributed by atoms with Crippen molar-refractivity contribution in [2.75, 3.05) is 11.9 Å². The summed E-state index contributed by atoms with van der Waals surface area (Å²) < 4.78 is 6.84. The monoisotopic (exact) mass is 310 g/mol. The number of amides is 1. The van der Waals surface area contributed by atoms with Gasteiger partial charge in [0.2, 0.25) is 0 Å². The first kappa shape index (κ1) is 16.8. The number of aryl methyl sites for hydroxylation is 1. The predicted molar refractivity (Wildman–Crippen MR) is 83.9 cm³/mol. The lowest BCUT2D eigenvalue weighted by molar-refractivity contribution is 0.0991. The van der Waals surface area contributed by atoms with Crippen LogP contribution < -0.4 is 15.8 Å². The number of hydrogen-bond acceptors (Lipinski definition) is 4. The Hall–Kier alpha value is -2.21. The minimum absolute atomic E-state index is 0. The number of carbonyl (C=O) groups is 1. The largest absolute Gasteiger partial charge is 0.494 e. The van der Waals surface area contributed by atoms with Crippen LogP contribution in [0.3, 0.4) is 0 Å². The van der Waals surface area contributed by atoms with Gasteiger partial charge in [-0.2, -0.15) is 5.10 Å². The molecule has 1 amide bonds. The fourth-order valence-corrected chi connectivity index (χ4v) is 1.85. The van der Waals surface area contributed by atoms with Gasteiger partial charge in [0.05, 0.1) is 6.61 Å². The van der Waals surface area contributed by atoms with Crippen molar-refractivity contribution in [2.24, 2.45) is 12.8 Å². The molecule has 0 radical (unpaired) electrons. The number of halogens is 1. The van der Waals surface area contributed by atoms with Crippen LogP contribution >= 0.6 is 12.4 Å². The first-order chi connectivity index (χ1) is 9.60. The van der Waals surface area contributed by atoms with Crippen LogP contribution in [0, 0.1) is 0 Å². The van der Waals surface area contributed by atoms with Gasteiger partial charge in [0.15, 0.2) is 0 Å². The average molecular weight is 311 g/mol. The van der Waals surface area contributed by atoms with Gasteiger partial charge < -0.3 is 15.8 Å². The van der Waals surface area contributed by atoms with Crippen LogP contribution in [0.25, 0.3) is 0 Å². The van der Waals surface area contributed by atoms with Gasteiger partial charge >= 0.3 is 0 Å². The van der Waals surface area contributed by atoms with Crippen molar-refractivity contribution >= 4 is 24.1 Å². The zero-order chi connectivity index (χ0) is 14.5. The molecule has 2 rings (SSSR count). The van der Waals surface area contributed by atoms with Crippen molar-refractivity contribution in [2.45, 2.75) is 13.5 Å². The number of primary amides is 1. The van der Waals surface area contributed by atoms with E-state index in [0.29, 0.717) is 24.7 Å². The van der Waals surface area contributed by atoms with Gasteiger partial charge in [-0.15, -0.1) is 12.4 Å². The topological polar surface area (TPSA) is 82.2 Å². The van der Waals surface area contributed by atoms with E-state index in [2.05, 4.69) is 10.4 Å². The molecule has 21 heavy (non-hydrogen) atoms. The Kier molecular flexibility index (Phi) is 6.05. The maximum atomic E-state index is 11.1. The molecule has 0 aliphatic carbocycles. The van der Waals surface area contributed by atoms with E-state index < -0.39 is 5.91 Å². The van der Waals surface area contributed by atoms with Crippen LogP contribution in [-0.4, -0.2) is 22.3 Å². The highest BCUT2D eigenvalue weighted by Crippen LogP contribution is 2.14. The van der Waals surface area contributed by atoms with Gasteiger partial charge in [-0.3, -0.25) is 9.48 Å². The molecule has 1 aromatic heterocycles. The van der Waals surface area contributed by atoms with Crippen molar-refractivity contribution in [3.05, 3.63) is 41.6 Å². The summed E-state index contributed by atoms with van der Waals surface area (Å²) >= 11 is 0. The average Bonchev–Trinajstić information content (AvgIpc) is 2.80. The molecule has 0 aliphatic rings. The Bertz CT molecular complexity index is 596. The highest BCUT2D eigenvalue weighted by Gasteiger charge is 2.09. The molecule has 0 atom stereocenters. The van der Waals surface area contributed by atoms with E-state index in [1.807, 2.05) is 31.2 Å². The van der Waals surface area contributed by atoms with E-state index in [9.17, 15) is 4.79 Å². The summed E-state index contributed by atoms with van der Waals surface area (Å²) in [6, 6.07) is 9.45. The highest BCUT2D eigenvalue weighted by atomic mass is 35.5. The third kappa shape index (κ3) is 4.39. The number of nitrogens with one attached hydrogen (secondary N) is 1. The predicted octanol–water partition coefficient (Wildman–Crippen LogP) is 1.95. The number of anilines is 1. The summed E-state index contributed by atoms with van der Waals surface area (Å²) in [4.78, 5) is 11.1. The quantitative estimate of drug-likeness (QED) is 0.854. The summed E-state index contributed by atoms with van der Waals surface area (Å²) in [6.45, 7) is 3.22. The lowest BCUT2D eigenvalue weighted by atomic mass is 10.2. The van der Waals surface area contributed by atoms with E-state index in [4.69, 9.17) is 10.5 Å². The molecule has 0 saturated heterocycles. The molecule has 0 spiro atoms. The lowest BCUT2D eigenvalue weighted by Crippen LogP contribution is -2.15. The van der Waals surface area contributed by atoms with Crippen molar-refractivity contribution in [1.29, 1.82) is 0 Å². The Morgan fingerprint density at radius 1 is 1.38 bits per heavy atom. The van der Waals surface area contributed by atoms with Crippen molar-refractivity contribution in [3.63, 3.8) is 0 Å². The van der Waals surface area contributed by atoms with Gasteiger partial charge in [0, 0.05) is 19.7 Å². The first-order valence-electron chi connectivity index (χ1n) is 6.39. The van der Waals surface area contributed by atoms with E-state index in [1.165, 1.54) is 4.68 Å². The van der Waals surface area contributed by atoms with E-state index in [0.717, 1.165) is 11.3 Å². The molecule has 2 aromatic rings. The molecule has 114 valence electrons. The van der Waals surface area contributed by atoms with Crippen LogP contribution in [0.1, 0.15) is 23.0 Å². The zero-order valence-corrected chi connectivity index (χ0v) is 12.8. The summed E-state index contributed by atoms with van der Waals surface area (Å²) in [7, 11) is 1.68. The van der Waals surface area contributed by atoms with Crippen molar-refractivity contribution in [1.82, 2.24) is 9.78 Å². The Morgan fingerprint density at radius 2 is 2.05 bits per heavy atom. The van der Waals surface area contributed by atoms with E-state index >= 15 is 0 Å². The molecule has 0 bridgehead atoms. The van der Waals surface area contributed by atoms with Crippen LogP contribution in [0.2, 0.25) is 0 Å². The molecule has 0 unspecified atom stereocenters. The number of aromatic nitrogens is 2. The number of rotatable bonds is 6. The second-order valence-corrected chi connectivity index (χ2v) is 4.33. The van der Waals surface area contributed by atoms with Gasteiger partial charge in [-0.05, 0) is 24.6 Å². The number of nitrogens with zero attached hydrogens (tertiary/aromatic N) is 2. The maximum absolute atomic E-state index is 11.1. The summed E-state index contributed by atoms with van der Waals surface area (Å²) in [5, 5.41) is 7.32. The summed E-state index contributed by atoms with van der Waals surface area (Å²) in [6.07, 6.45) is 0. The Balaban J connectivity index is 0.00000220. The van der Waals surface area contributed by atoms with Crippen molar-refractivity contribution in [3.8, 4) is 5.75 Å². The molecule has 7 heteroatoms. The molecule has 1 heterocycles. The molecule has 1 aromatic carbocycles. The van der Waals surface area contributed by atoms with Gasteiger partial charge in [-0.1, -0.05) is 12.1 Å². The SMILES string of the molecule is CCOc1ccc(CNc2cc(C(N)=O)n(C)n2)cc1.Cl. The summed E-state index contributed by atoms with van der Waals surface area (Å²) in [5.41, 5.74) is 6.71. The molecule has 0 fully saturated rings. The molecular weight excluding hydrogens is 292 g/mol. The zero-order valence-electron chi connectivity index (χ0n) is 12.0. The first-order valence-corrected chi connectivity index (χ1v) is 6.39. The standard InChI is InChI=1S/C14H18N4O2.ClH/c1-3-20-11-6-4-10(5-7-11)9-16-13-8-12(14(15)19)18(2)17-13;/h4-8H,3,9H2,1-2H3,(H2,15,19)(H,16,17);1H. The fraction of sp³-hybridized carbons (Fsp3) is 0.286. The molecule has 0 aliphatic heterocycles. The Morgan fingerprint density at radius 3 is 2.57 bits per heavy atom. The van der Waals surface area contributed by atoms with Gasteiger partial charge in [0.25, 0.3) is 5.91 Å². The number of hydrogen-bond donors (Lipinski definition) is 2. The minimum atomic E-state index is -0.492. The lowest BCUT2D eigenvalue weighted by Gasteiger charge is -2.05. The number of nitrogens with two attached hydrogens (primary N) is 1. The second kappa shape index (κ2) is 7.54. The second-order valence-electron chi connectivity index (χ2n) is 4.33. The molecule has 0 saturated carbocycles. The smallest absolute Gasteiger partial charge is 0.267 e. The number of ether oxygens (including phenoxy) is 1. The Labute approximate surface area is 129 Å². The normalized spacial score (nSPS) is 9.81. The molecule has 6 nitrogen and oxygen atoms in total. The maximum Gasteiger partial charge on any atom is 0.267 e. The number of benzene rings is 1. The summed E-state index contributed by atoms with van der Waals surface area (Å²) in [5.74, 6) is 0.981. The third-order valence-corrected chi connectivity index (χ3v) is 2.84. The van der Waals surface area contributed by atoms with Crippen LogP contribution in [0.5, 0.6) is 5.75 Å². The van der Waals surface area contributed by atoms with Crippen LogP contribution in [0.4, 0.5) is 5.82 Å². The molecule has 3 N–H and O–H groups in total. The van der Waals surface area contributed by atoms with E-state index in [-0.39, 0.29) is 12.4 Å². The molecular formula is C14H19ClN4O2. The minimum Gasteiger partial charge on any atom is -0.494 e. The van der Waals surface area contributed by atoms with Gasteiger partial charge in [-0.25, -0.2) is 0 Å².